The fraction of sp³-hybridized carbons (Fsp3) is 0.933. The first-order valence-electron chi connectivity index (χ1n) is 7.04. The van der Waals surface area contributed by atoms with Crippen molar-refractivity contribution in [3.63, 3.8) is 0 Å². The predicted molar refractivity (Wildman–Crippen MR) is 80.1 cm³/mol. The molecule has 0 unspecified atom stereocenters. The van der Waals surface area contributed by atoms with Crippen LogP contribution in [0.3, 0.4) is 0 Å². The molecule has 0 aliphatic carbocycles. The number of hydrogen-bond donors (Lipinski definition) is 2. The van der Waals surface area contributed by atoms with E-state index in [1.807, 2.05) is 20.8 Å². The van der Waals surface area contributed by atoms with Crippen molar-refractivity contribution in [2.75, 3.05) is 13.1 Å². The van der Waals surface area contributed by atoms with Gasteiger partial charge in [0.15, 0.2) is 0 Å². The van der Waals surface area contributed by atoms with Crippen LogP contribution >= 0.6 is 0 Å². The highest BCUT2D eigenvalue weighted by atomic mass is 16.6. The number of amides is 1. The van der Waals surface area contributed by atoms with Gasteiger partial charge >= 0.3 is 6.09 Å². The van der Waals surface area contributed by atoms with Crippen LogP contribution in [-0.4, -0.2) is 24.8 Å². The van der Waals surface area contributed by atoms with Gasteiger partial charge in [-0.05, 0) is 51.0 Å². The molecule has 0 heterocycles. The van der Waals surface area contributed by atoms with Gasteiger partial charge in [0.25, 0.3) is 0 Å². The lowest BCUT2D eigenvalue weighted by Gasteiger charge is -2.34. The molecule has 0 bridgehead atoms. The number of carbonyl (C=O) groups is 1. The second kappa shape index (κ2) is 6.60. The van der Waals surface area contributed by atoms with Crippen LogP contribution in [0, 0.1) is 10.8 Å². The Hall–Kier alpha value is -0.770. The molecule has 0 aliphatic heterocycles. The first-order chi connectivity index (χ1) is 8.37. The number of rotatable bonds is 6. The molecule has 0 aromatic rings. The number of carbonyl (C=O) groups excluding carboxylic acids is 1. The van der Waals surface area contributed by atoms with E-state index < -0.39 is 5.60 Å². The summed E-state index contributed by atoms with van der Waals surface area (Å²) in [7, 11) is 0. The second-order valence-corrected chi connectivity index (χ2v) is 7.89. The minimum atomic E-state index is -0.443. The van der Waals surface area contributed by atoms with Crippen LogP contribution in [0.1, 0.15) is 61.3 Å². The van der Waals surface area contributed by atoms with Crippen LogP contribution in [-0.2, 0) is 4.74 Å². The third kappa shape index (κ3) is 9.77. The van der Waals surface area contributed by atoms with E-state index in [0.29, 0.717) is 13.1 Å². The molecule has 0 rings (SSSR count). The summed E-state index contributed by atoms with van der Waals surface area (Å²) in [5.74, 6) is 0. The van der Waals surface area contributed by atoms with Gasteiger partial charge in [-0.1, -0.05) is 27.7 Å². The predicted octanol–water partition coefficient (Wildman–Crippen LogP) is 3.30. The van der Waals surface area contributed by atoms with Crippen LogP contribution in [0.15, 0.2) is 0 Å². The molecule has 0 fully saturated rings. The SMILES string of the molecule is CC(C)(CN)CC(C)(C)CCNC(=O)OC(C)(C)C. The lowest BCUT2D eigenvalue weighted by molar-refractivity contribution is 0.0519. The van der Waals surface area contributed by atoms with E-state index in [1.54, 1.807) is 0 Å². The lowest BCUT2D eigenvalue weighted by Crippen LogP contribution is -2.36. The molecule has 0 spiro atoms. The molecule has 0 saturated carbocycles. The minimum Gasteiger partial charge on any atom is -0.444 e. The summed E-state index contributed by atoms with van der Waals surface area (Å²) in [6.07, 6.45) is 1.60. The Morgan fingerprint density at radius 3 is 2.00 bits per heavy atom. The second-order valence-electron chi connectivity index (χ2n) is 7.89. The summed E-state index contributed by atoms with van der Waals surface area (Å²) in [6.45, 7) is 15.7. The molecule has 0 atom stereocenters. The van der Waals surface area contributed by atoms with E-state index in [4.69, 9.17) is 10.5 Å². The Morgan fingerprint density at radius 1 is 1.05 bits per heavy atom. The zero-order valence-corrected chi connectivity index (χ0v) is 13.7. The standard InChI is InChI=1S/C15H32N2O2/c1-13(2,3)19-12(18)17-9-8-14(4,5)10-15(6,7)11-16/h8-11,16H2,1-7H3,(H,17,18). The molecular weight excluding hydrogens is 240 g/mol. The largest absolute Gasteiger partial charge is 0.444 e. The van der Waals surface area contributed by atoms with E-state index in [9.17, 15) is 4.79 Å². The van der Waals surface area contributed by atoms with Gasteiger partial charge < -0.3 is 15.8 Å². The third-order valence-corrected chi connectivity index (χ3v) is 2.98. The summed E-state index contributed by atoms with van der Waals surface area (Å²) < 4.78 is 5.20. The summed E-state index contributed by atoms with van der Waals surface area (Å²) in [4.78, 5) is 11.5. The van der Waals surface area contributed by atoms with E-state index in [-0.39, 0.29) is 16.9 Å². The fourth-order valence-electron chi connectivity index (χ4n) is 2.27. The van der Waals surface area contributed by atoms with Crippen molar-refractivity contribution < 1.29 is 9.53 Å². The van der Waals surface area contributed by atoms with Crippen LogP contribution in [0.4, 0.5) is 4.79 Å². The molecule has 0 saturated heterocycles. The highest BCUT2D eigenvalue weighted by Crippen LogP contribution is 2.35. The molecule has 4 heteroatoms. The Balaban J connectivity index is 4.09. The lowest BCUT2D eigenvalue weighted by atomic mass is 9.73. The molecule has 19 heavy (non-hydrogen) atoms. The Kier molecular flexibility index (Phi) is 6.33. The molecule has 114 valence electrons. The first kappa shape index (κ1) is 18.2. The van der Waals surface area contributed by atoms with Crippen LogP contribution in [0.25, 0.3) is 0 Å². The number of ether oxygens (including phenoxy) is 1. The van der Waals surface area contributed by atoms with Gasteiger partial charge in [-0.3, -0.25) is 0 Å². The maximum absolute atomic E-state index is 11.5. The Bertz CT molecular complexity index is 291. The van der Waals surface area contributed by atoms with Gasteiger partial charge in [-0.2, -0.15) is 0 Å². The summed E-state index contributed by atoms with van der Waals surface area (Å²) in [6, 6.07) is 0. The van der Waals surface area contributed by atoms with E-state index in [1.165, 1.54) is 0 Å². The summed E-state index contributed by atoms with van der Waals surface area (Å²) in [5, 5.41) is 2.81. The highest BCUT2D eigenvalue weighted by molar-refractivity contribution is 5.67. The summed E-state index contributed by atoms with van der Waals surface area (Å²) in [5.41, 5.74) is 5.61. The van der Waals surface area contributed by atoms with Crippen LogP contribution < -0.4 is 11.1 Å². The first-order valence-corrected chi connectivity index (χ1v) is 7.04. The van der Waals surface area contributed by atoms with E-state index in [2.05, 4.69) is 33.0 Å². The quantitative estimate of drug-likeness (QED) is 0.779. The Morgan fingerprint density at radius 2 is 1.58 bits per heavy atom. The van der Waals surface area contributed by atoms with Gasteiger partial charge in [0.1, 0.15) is 5.60 Å². The number of hydrogen-bond acceptors (Lipinski definition) is 3. The molecule has 0 aliphatic rings. The molecule has 0 radical (unpaired) electrons. The monoisotopic (exact) mass is 272 g/mol. The average molecular weight is 272 g/mol. The van der Waals surface area contributed by atoms with Crippen molar-refractivity contribution in [3.8, 4) is 0 Å². The molecule has 0 aromatic carbocycles. The van der Waals surface area contributed by atoms with Crippen molar-refractivity contribution in [1.29, 1.82) is 0 Å². The molecule has 4 nitrogen and oxygen atoms in total. The minimum absolute atomic E-state index is 0.134. The van der Waals surface area contributed by atoms with Crippen molar-refractivity contribution in [3.05, 3.63) is 0 Å². The third-order valence-electron chi connectivity index (χ3n) is 2.98. The van der Waals surface area contributed by atoms with Crippen molar-refractivity contribution in [2.45, 2.75) is 66.9 Å². The average Bonchev–Trinajstić information content (AvgIpc) is 2.12. The fourth-order valence-corrected chi connectivity index (χ4v) is 2.27. The van der Waals surface area contributed by atoms with Gasteiger partial charge in [0.05, 0.1) is 0 Å². The summed E-state index contributed by atoms with van der Waals surface area (Å²) >= 11 is 0. The number of nitrogens with one attached hydrogen (secondary N) is 1. The van der Waals surface area contributed by atoms with Gasteiger partial charge in [0, 0.05) is 6.54 Å². The maximum Gasteiger partial charge on any atom is 0.407 e. The maximum atomic E-state index is 11.5. The van der Waals surface area contributed by atoms with E-state index in [0.717, 1.165) is 12.8 Å². The number of nitrogens with two attached hydrogens (primary N) is 1. The van der Waals surface area contributed by atoms with Crippen LogP contribution in [0.2, 0.25) is 0 Å². The molecular formula is C15H32N2O2. The van der Waals surface area contributed by atoms with Gasteiger partial charge in [-0.25, -0.2) is 4.79 Å². The van der Waals surface area contributed by atoms with E-state index >= 15 is 0 Å². The molecule has 0 aromatic heterocycles. The molecule has 1 amide bonds. The zero-order chi connectivity index (χ0) is 15.3. The van der Waals surface area contributed by atoms with Crippen LogP contribution in [0.5, 0.6) is 0 Å². The van der Waals surface area contributed by atoms with Crippen molar-refractivity contribution in [1.82, 2.24) is 5.32 Å². The van der Waals surface area contributed by atoms with Gasteiger partial charge in [-0.15, -0.1) is 0 Å². The highest BCUT2D eigenvalue weighted by Gasteiger charge is 2.27. The number of alkyl carbamates (subject to hydrolysis) is 1. The smallest absolute Gasteiger partial charge is 0.407 e. The topological polar surface area (TPSA) is 64.3 Å². The van der Waals surface area contributed by atoms with Crippen molar-refractivity contribution in [2.24, 2.45) is 16.6 Å². The molecule has 3 N–H and O–H groups in total. The zero-order valence-electron chi connectivity index (χ0n) is 13.7. The van der Waals surface area contributed by atoms with Crippen molar-refractivity contribution >= 4 is 6.09 Å². The Labute approximate surface area is 118 Å². The van der Waals surface area contributed by atoms with Gasteiger partial charge in [0.2, 0.25) is 0 Å². The normalized spacial score (nSPS) is 13.3.